The Kier molecular flexibility index (Phi) is 6.73. The maximum absolute atomic E-state index is 13.0. The lowest BCUT2D eigenvalue weighted by atomic mass is 9.97. The van der Waals surface area contributed by atoms with Crippen LogP contribution in [0.5, 0.6) is 5.75 Å². The number of aryl methyl sites for hydroxylation is 2. The van der Waals surface area contributed by atoms with Gasteiger partial charge in [-0.05, 0) is 66.4 Å². The summed E-state index contributed by atoms with van der Waals surface area (Å²) >= 11 is 0. The van der Waals surface area contributed by atoms with Crippen LogP contribution in [0.2, 0.25) is 0 Å². The number of ether oxygens (including phenoxy) is 1. The summed E-state index contributed by atoms with van der Waals surface area (Å²) in [5, 5.41) is 10.1. The zero-order valence-corrected chi connectivity index (χ0v) is 18.6. The first kappa shape index (κ1) is 21.9. The smallest absolute Gasteiger partial charge is 0.255 e. The second-order valence-electron chi connectivity index (χ2n) is 8.06. The van der Waals surface area contributed by atoms with E-state index in [9.17, 15) is 4.79 Å². The monoisotopic (exact) mass is 430 g/mol. The van der Waals surface area contributed by atoms with E-state index in [1.165, 1.54) is 5.56 Å². The van der Waals surface area contributed by atoms with Crippen molar-refractivity contribution in [1.82, 2.24) is 5.32 Å². The normalized spacial score (nSPS) is 15.3. The van der Waals surface area contributed by atoms with Crippen molar-refractivity contribution in [1.29, 1.82) is 0 Å². The highest BCUT2D eigenvalue weighted by Gasteiger charge is 2.21. The molecule has 1 amide bonds. The van der Waals surface area contributed by atoms with Gasteiger partial charge in [-0.1, -0.05) is 30.3 Å². The highest BCUT2D eigenvalue weighted by molar-refractivity contribution is 6.04. The molecule has 166 valence electrons. The molecule has 32 heavy (non-hydrogen) atoms. The third-order valence-electron chi connectivity index (χ3n) is 5.63. The van der Waals surface area contributed by atoms with Gasteiger partial charge in [0.15, 0.2) is 0 Å². The van der Waals surface area contributed by atoms with Gasteiger partial charge < -0.3 is 26.4 Å². The molecule has 0 radical (unpaired) electrons. The summed E-state index contributed by atoms with van der Waals surface area (Å²) in [4.78, 5) is 13.0. The van der Waals surface area contributed by atoms with Gasteiger partial charge in [0.05, 0.1) is 6.04 Å². The number of carbonyl (C=O) groups is 1. The van der Waals surface area contributed by atoms with Crippen molar-refractivity contribution in [3.63, 3.8) is 0 Å². The minimum Gasteiger partial charge on any atom is -0.492 e. The van der Waals surface area contributed by atoms with Crippen LogP contribution >= 0.6 is 0 Å². The van der Waals surface area contributed by atoms with E-state index in [0.717, 1.165) is 46.9 Å². The highest BCUT2D eigenvalue weighted by Crippen LogP contribution is 2.32. The lowest BCUT2D eigenvalue weighted by Gasteiger charge is -2.20. The summed E-state index contributed by atoms with van der Waals surface area (Å²) in [7, 11) is 0. The highest BCUT2D eigenvalue weighted by atomic mass is 16.5. The number of amides is 1. The largest absolute Gasteiger partial charge is 0.492 e. The first-order chi connectivity index (χ1) is 15.6. The molecule has 0 spiro atoms. The molecule has 1 aliphatic heterocycles. The summed E-state index contributed by atoms with van der Waals surface area (Å²) in [6.07, 6.45) is 0. The van der Waals surface area contributed by atoms with Gasteiger partial charge in [-0.2, -0.15) is 0 Å². The van der Waals surface area contributed by atoms with Crippen LogP contribution < -0.4 is 26.4 Å². The average Bonchev–Trinajstić information content (AvgIpc) is 3.01. The predicted molar refractivity (Wildman–Crippen MR) is 130 cm³/mol. The molecular weight excluding hydrogens is 400 g/mol. The number of nitrogens with one attached hydrogen (secondary N) is 3. The van der Waals surface area contributed by atoms with Gasteiger partial charge in [-0.25, -0.2) is 0 Å². The maximum atomic E-state index is 13.0. The van der Waals surface area contributed by atoms with Crippen LogP contribution in [0.15, 0.2) is 60.7 Å². The molecule has 0 aromatic heterocycles. The molecule has 3 aromatic carbocycles. The Balaban J connectivity index is 1.59. The molecule has 0 bridgehead atoms. The second-order valence-corrected chi connectivity index (χ2v) is 8.06. The Bertz CT molecular complexity index is 1080. The number of hydrogen-bond donors (Lipinski definition) is 4. The molecule has 1 atom stereocenters. The van der Waals surface area contributed by atoms with Gasteiger partial charge in [-0.15, -0.1) is 0 Å². The molecule has 1 heterocycles. The van der Waals surface area contributed by atoms with Crippen molar-refractivity contribution < 1.29 is 9.53 Å². The van der Waals surface area contributed by atoms with Gasteiger partial charge in [0.1, 0.15) is 12.4 Å². The first-order valence-electron chi connectivity index (χ1n) is 11.0. The second kappa shape index (κ2) is 9.85. The van der Waals surface area contributed by atoms with Crippen LogP contribution in [0.1, 0.15) is 38.7 Å². The molecule has 3 aromatic rings. The Labute approximate surface area is 189 Å². The van der Waals surface area contributed by atoms with E-state index in [1.807, 2.05) is 56.3 Å². The number of fused-ring (bicyclic) bond motifs is 1. The van der Waals surface area contributed by atoms with Gasteiger partial charge in [0.2, 0.25) is 0 Å². The molecule has 4 rings (SSSR count). The van der Waals surface area contributed by atoms with E-state index in [-0.39, 0.29) is 11.9 Å². The minimum absolute atomic E-state index is 0.0570. The Hall–Kier alpha value is -3.35. The first-order valence-corrected chi connectivity index (χ1v) is 11.0. The fourth-order valence-corrected chi connectivity index (χ4v) is 4.18. The lowest BCUT2D eigenvalue weighted by molar-refractivity contribution is 0.102. The van der Waals surface area contributed by atoms with Crippen LogP contribution in [-0.4, -0.2) is 32.1 Å². The summed E-state index contributed by atoms with van der Waals surface area (Å²) in [6, 6.07) is 20.2. The molecule has 6 heteroatoms. The van der Waals surface area contributed by atoms with Crippen molar-refractivity contribution in [3.05, 3.63) is 88.5 Å². The quantitative estimate of drug-likeness (QED) is 0.475. The molecule has 1 unspecified atom stereocenters. The fraction of sp³-hybridized carbons (Fsp3) is 0.269. The Morgan fingerprint density at radius 2 is 1.81 bits per heavy atom. The SMILES string of the molecule is Cc1cc(C(=O)Nc2ccc3c(c2)C(c2ccccc2)NCCN3)cc(C)c1OCCN. The Morgan fingerprint density at radius 1 is 1.06 bits per heavy atom. The van der Waals surface area contributed by atoms with Crippen LogP contribution in [0.4, 0.5) is 11.4 Å². The van der Waals surface area contributed by atoms with Crippen LogP contribution in [-0.2, 0) is 0 Å². The number of benzene rings is 3. The minimum atomic E-state index is -0.146. The predicted octanol–water partition coefficient (Wildman–Crippen LogP) is 4.00. The number of rotatable bonds is 6. The van der Waals surface area contributed by atoms with Gasteiger partial charge in [-0.3, -0.25) is 4.79 Å². The third-order valence-corrected chi connectivity index (χ3v) is 5.63. The van der Waals surface area contributed by atoms with E-state index < -0.39 is 0 Å². The van der Waals surface area contributed by atoms with Crippen molar-refractivity contribution >= 4 is 17.3 Å². The zero-order chi connectivity index (χ0) is 22.5. The van der Waals surface area contributed by atoms with Crippen LogP contribution in [0, 0.1) is 13.8 Å². The Morgan fingerprint density at radius 3 is 2.53 bits per heavy atom. The van der Waals surface area contributed by atoms with E-state index >= 15 is 0 Å². The summed E-state index contributed by atoms with van der Waals surface area (Å²) in [5.41, 5.74) is 12.1. The topological polar surface area (TPSA) is 88.4 Å². The molecule has 0 saturated carbocycles. The van der Waals surface area contributed by atoms with Gasteiger partial charge in [0.25, 0.3) is 5.91 Å². The van der Waals surface area contributed by atoms with Crippen LogP contribution in [0.25, 0.3) is 0 Å². The van der Waals surface area contributed by atoms with Crippen LogP contribution in [0.3, 0.4) is 0 Å². The van der Waals surface area contributed by atoms with E-state index in [2.05, 4.69) is 34.1 Å². The lowest BCUT2D eigenvalue weighted by Crippen LogP contribution is -2.24. The zero-order valence-electron chi connectivity index (χ0n) is 18.6. The van der Waals surface area contributed by atoms with E-state index in [0.29, 0.717) is 18.7 Å². The maximum Gasteiger partial charge on any atom is 0.255 e. The van der Waals surface area contributed by atoms with Crippen molar-refractivity contribution in [3.8, 4) is 5.75 Å². The molecule has 5 N–H and O–H groups in total. The van der Waals surface area contributed by atoms with Crippen molar-refractivity contribution in [2.45, 2.75) is 19.9 Å². The van der Waals surface area contributed by atoms with Crippen molar-refractivity contribution in [2.75, 3.05) is 36.9 Å². The number of hydrogen-bond acceptors (Lipinski definition) is 5. The van der Waals surface area contributed by atoms with Gasteiger partial charge >= 0.3 is 0 Å². The molecule has 0 fully saturated rings. The average molecular weight is 431 g/mol. The standard InChI is InChI=1S/C26H30N4O2/c1-17-14-20(15-18(2)25(17)32-13-10-27)26(31)30-21-8-9-23-22(16-21)24(29-12-11-28-23)19-6-4-3-5-7-19/h3-9,14-16,24,28-29H,10-13,27H2,1-2H3,(H,30,31). The number of nitrogens with two attached hydrogens (primary N) is 1. The van der Waals surface area contributed by atoms with E-state index in [4.69, 9.17) is 10.5 Å². The summed E-state index contributed by atoms with van der Waals surface area (Å²) < 4.78 is 5.73. The summed E-state index contributed by atoms with van der Waals surface area (Å²) in [5.74, 6) is 0.646. The third kappa shape index (κ3) is 4.77. The molecule has 0 aliphatic carbocycles. The molecule has 1 aliphatic rings. The molecule has 6 nitrogen and oxygen atoms in total. The van der Waals surface area contributed by atoms with Crippen molar-refractivity contribution in [2.24, 2.45) is 5.73 Å². The molecular formula is C26H30N4O2. The summed E-state index contributed by atoms with van der Waals surface area (Å²) in [6.45, 7) is 6.49. The fourth-order valence-electron chi connectivity index (χ4n) is 4.18. The molecule has 0 saturated heterocycles. The van der Waals surface area contributed by atoms with E-state index in [1.54, 1.807) is 0 Å². The number of carbonyl (C=O) groups excluding carboxylic acids is 1. The number of anilines is 2. The van der Waals surface area contributed by atoms with Gasteiger partial charge in [0, 0.05) is 36.6 Å².